The number of nitrogens with zero attached hydrogens (tertiary/aromatic N) is 2. The van der Waals surface area contributed by atoms with E-state index in [9.17, 15) is 4.79 Å². The number of amides is 1. The third kappa shape index (κ3) is 3.73. The number of hydrogen-bond donors (Lipinski definition) is 1. The predicted molar refractivity (Wildman–Crippen MR) is 85.7 cm³/mol. The molecule has 0 unspecified atom stereocenters. The van der Waals surface area contributed by atoms with Crippen molar-refractivity contribution in [2.75, 3.05) is 18.9 Å². The molecular formula is C16H18ClN3O. The first-order chi connectivity index (χ1) is 10.2. The molecule has 2 rings (SSSR count). The van der Waals surface area contributed by atoms with Gasteiger partial charge in [-0.2, -0.15) is 0 Å². The number of rotatable bonds is 5. The normalized spacial score (nSPS) is 10.2. The standard InChI is InChI=1S/C16H18ClN3O/c1-3-20(11-13-6-4-5-9-19-13)16(21)14-10-12(17)7-8-15(14)18-2/h4-10,18H,3,11H2,1-2H3. The van der Waals surface area contributed by atoms with Gasteiger partial charge in [-0.25, -0.2) is 0 Å². The molecule has 1 aromatic heterocycles. The molecule has 1 N–H and O–H groups in total. The van der Waals surface area contributed by atoms with Gasteiger partial charge in [0, 0.05) is 30.5 Å². The summed E-state index contributed by atoms with van der Waals surface area (Å²) in [4.78, 5) is 18.7. The maximum Gasteiger partial charge on any atom is 0.256 e. The highest BCUT2D eigenvalue weighted by molar-refractivity contribution is 6.31. The SMILES string of the molecule is CCN(Cc1ccccn1)C(=O)c1cc(Cl)ccc1NC. The topological polar surface area (TPSA) is 45.2 Å². The predicted octanol–water partition coefficient (Wildman–Crippen LogP) is 3.44. The van der Waals surface area contributed by atoms with Crippen molar-refractivity contribution in [2.45, 2.75) is 13.5 Å². The number of halogens is 1. The van der Waals surface area contributed by atoms with Gasteiger partial charge < -0.3 is 10.2 Å². The Morgan fingerprint density at radius 1 is 1.33 bits per heavy atom. The van der Waals surface area contributed by atoms with E-state index < -0.39 is 0 Å². The van der Waals surface area contributed by atoms with Gasteiger partial charge in [-0.1, -0.05) is 17.7 Å². The number of nitrogens with one attached hydrogen (secondary N) is 1. The minimum Gasteiger partial charge on any atom is -0.387 e. The number of aromatic nitrogens is 1. The van der Waals surface area contributed by atoms with Gasteiger partial charge in [0.05, 0.1) is 17.8 Å². The molecule has 4 nitrogen and oxygen atoms in total. The summed E-state index contributed by atoms with van der Waals surface area (Å²) in [5, 5.41) is 3.57. The highest BCUT2D eigenvalue weighted by Gasteiger charge is 2.18. The minimum atomic E-state index is -0.0602. The summed E-state index contributed by atoms with van der Waals surface area (Å²) in [5.41, 5.74) is 2.20. The lowest BCUT2D eigenvalue weighted by molar-refractivity contribution is 0.0751. The second kappa shape index (κ2) is 7.09. The smallest absolute Gasteiger partial charge is 0.256 e. The summed E-state index contributed by atoms with van der Waals surface area (Å²) >= 11 is 6.02. The van der Waals surface area contributed by atoms with Crippen LogP contribution in [0.2, 0.25) is 5.02 Å². The Hall–Kier alpha value is -2.07. The zero-order valence-corrected chi connectivity index (χ0v) is 12.9. The Labute approximate surface area is 129 Å². The molecule has 0 fully saturated rings. The average molecular weight is 304 g/mol. The van der Waals surface area contributed by atoms with E-state index in [0.717, 1.165) is 11.4 Å². The molecule has 0 aliphatic heterocycles. The highest BCUT2D eigenvalue weighted by Crippen LogP contribution is 2.22. The van der Waals surface area contributed by atoms with Crippen molar-refractivity contribution in [1.29, 1.82) is 0 Å². The summed E-state index contributed by atoms with van der Waals surface area (Å²) in [6.07, 6.45) is 1.73. The Morgan fingerprint density at radius 3 is 2.76 bits per heavy atom. The quantitative estimate of drug-likeness (QED) is 0.920. The van der Waals surface area contributed by atoms with E-state index in [4.69, 9.17) is 11.6 Å². The van der Waals surface area contributed by atoms with Crippen LogP contribution in [0.3, 0.4) is 0 Å². The molecule has 5 heteroatoms. The van der Waals surface area contributed by atoms with E-state index >= 15 is 0 Å². The Morgan fingerprint density at radius 2 is 2.14 bits per heavy atom. The van der Waals surface area contributed by atoms with Crippen molar-refractivity contribution in [2.24, 2.45) is 0 Å². The number of carbonyl (C=O) groups is 1. The lowest BCUT2D eigenvalue weighted by Crippen LogP contribution is -2.31. The van der Waals surface area contributed by atoms with Crippen molar-refractivity contribution in [3.63, 3.8) is 0 Å². The van der Waals surface area contributed by atoms with Gasteiger partial charge >= 0.3 is 0 Å². The fraction of sp³-hybridized carbons (Fsp3) is 0.250. The van der Waals surface area contributed by atoms with Crippen LogP contribution in [0.1, 0.15) is 23.0 Å². The maximum atomic E-state index is 12.7. The molecule has 0 bridgehead atoms. The van der Waals surface area contributed by atoms with Crippen LogP contribution in [0.5, 0.6) is 0 Å². The van der Waals surface area contributed by atoms with Gasteiger partial charge in [0.1, 0.15) is 0 Å². The van der Waals surface area contributed by atoms with Crippen molar-refractivity contribution in [1.82, 2.24) is 9.88 Å². The number of benzene rings is 1. The molecule has 0 radical (unpaired) electrons. The number of anilines is 1. The molecule has 0 aliphatic rings. The van der Waals surface area contributed by atoms with E-state index in [0.29, 0.717) is 23.7 Å². The molecular weight excluding hydrogens is 286 g/mol. The van der Waals surface area contributed by atoms with Crippen LogP contribution >= 0.6 is 11.6 Å². The van der Waals surface area contributed by atoms with E-state index in [1.54, 1.807) is 30.3 Å². The lowest BCUT2D eigenvalue weighted by Gasteiger charge is -2.22. The van der Waals surface area contributed by atoms with Crippen LogP contribution in [0.25, 0.3) is 0 Å². The monoisotopic (exact) mass is 303 g/mol. The number of carbonyl (C=O) groups excluding carboxylic acids is 1. The lowest BCUT2D eigenvalue weighted by atomic mass is 10.1. The Balaban J connectivity index is 2.26. The molecule has 0 spiro atoms. The fourth-order valence-electron chi connectivity index (χ4n) is 2.10. The zero-order valence-electron chi connectivity index (χ0n) is 12.1. The van der Waals surface area contributed by atoms with Gasteiger partial charge in [-0.15, -0.1) is 0 Å². The largest absolute Gasteiger partial charge is 0.387 e. The molecule has 1 heterocycles. The van der Waals surface area contributed by atoms with Gasteiger partial charge in [0.25, 0.3) is 5.91 Å². The molecule has 0 saturated heterocycles. The number of pyridine rings is 1. The van der Waals surface area contributed by atoms with E-state index in [2.05, 4.69) is 10.3 Å². The van der Waals surface area contributed by atoms with Crippen molar-refractivity contribution < 1.29 is 4.79 Å². The first-order valence-corrected chi connectivity index (χ1v) is 7.20. The molecule has 0 aliphatic carbocycles. The second-order valence-corrected chi connectivity index (χ2v) is 5.02. The summed E-state index contributed by atoms with van der Waals surface area (Å²) in [7, 11) is 1.79. The Kier molecular flexibility index (Phi) is 5.17. The first-order valence-electron chi connectivity index (χ1n) is 6.82. The van der Waals surface area contributed by atoms with Gasteiger partial charge in [0.2, 0.25) is 0 Å². The molecule has 110 valence electrons. The molecule has 1 aromatic carbocycles. The van der Waals surface area contributed by atoms with Gasteiger partial charge in [-0.05, 0) is 37.3 Å². The summed E-state index contributed by atoms with van der Waals surface area (Å²) in [6, 6.07) is 10.9. The highest BCUT2D eigenvalue weighted by atomic mass is 35.5. The van der Waals surface area contributed by atoms with Crippen molar-refractivity contribution in [3.8, 4) is 0 Å². The average Bonchev–Trinajstić information content (AvgIpc) is 2.53. The maximum absolute atomic E-state index is 12.7. The van der Waals surface area contributed by atoms with Crippen molar-refractivity contribution >= 4 is 23.2 Å². The van der Waals surface area contributed by atoms with Crippen LogP contribution in [-0.2, 0) is 6.54 Å². The van der Waals surface area contributed by atoms with E-state index in [1.165, 1.54) is 0 Å². The summed E-state index contributed by atoms with van der Waals surface area (Å²) in [5.74, 6) is -0.0602. The Bertz CT molecular complexity index is 616. The molecule has 21 heavy (non-hydrogen) atoms. The van der Waals surface area contributed by atoms with Crippen LogP contribution in [0, 0.1) is 0 Å². The second-order valence-electron chi connectivity index (χ2n) is 4.58. The van der Waals surface area contributed by atoms with E-state index in [-0.39, 0.29) is 5.91 Å². The molecule has 2 aromatic rings. The van der Waals surface area contributed by atoms with Crippen LogP contribution in [0.4, 0.5) is 5.69 Å². The fourth-order valence-corrected chi connectivity index (χ4v) is 2.27. The third-order valence-electron chi connectivity index (χ3n) is 3.23. The first kappa shape index (κ1) is 15.3. The minimum absolute atomic E-state index is 0.0602. The zero-order chi connectivity index (χ0) is 15.2. The molecule has 0 atom stereocenters. The van der Waals surface area contributed by atoms with Gasteiger partial charge in [0.15, 0.2) is 0 Å². The summed E-state index contributed by atoms with van der Waals surface area (Å²) in [6.45, 7) is 3.03. The number of hydrogen-bond acceptors (Lipinski definition) is 3. The van der Waals surface area contributed by atoms with Gasteiger partial charge in [-0.3, -0.25) is 9.78 Å². The molecule has 0 saturated carbocycles. The third-order valence-corrected chi connectivity index (χ3v) is 3.46. The molecule has 1 amide bonds. The van der Waals surface area contributed by atoms with Crippen molar-refractivity contribution in [3.05, 3.63) is 58.9 Å². The van der Waals surface area contributed by atoms with Crippen LogP contribution in [-0.4, -0.2) is 29.4 Å². The van der Waals surface area contributed by atoms with Crippen LogP contribution < -0.4 is 5.32 Å². The summed E-state index contributed by atoms with van der Waals surface area (Å²) < 4.78 is 0. The van der Waals surface area contributed by atoms with Crippen LogP contribution in [0.15, 0.2) is 42.6 Å². The van der Waals surface area contributed by atoms with E-state index in [1.807, 2.05) is 31.2 Å².